The average molecular weight is 407 g/mol. The zero-order chi connectivity index (χ0) is 20.5. The van der Waals surface area contributed by atoms with Crippen LogP contribution in [0.25, 0.3) is 33.7 Å². The van der Waals surface area contributed by atoms with Crippen molar-refractivity contribution in [3.8, 4) is 28.3 Å². The molecule has 0 unspecified atom stereocenters. The van der Waals surface area contributed by atoms with Gasteiger partial charge in [0, 0.05) is 23.0 Å². The van der Waals surface area contributed by atoms with E-state index in [2.05, 4.69) is 9.97 Å². The number of aromatic amines is 1. The van der Waals surface area contributed by atoms with Gasteiger partial charge in [0.2, 0.25) is 0 Å². The molecular weight excluding hydrogens is 388 g/mol. The summed E-state index contributed by atoms with van der Waals surface area (Å²) in [5.74, 6) is 0.212. The molecule has 7 heteroatoms. The van der Waals surface area contributed by atoms with Crippen LogP contribution < -0.4 is 10.2 Å². The van der Waals surface area contributed by atoms with Crippen LogP contribution in [0.1, 0.15) is 19.5 Å². The number of H-pyrrole nitrogens is 1. The Kier molecular flexibility index (Phi) is 5.03. The molecule has 29 heavy (non-hydrogen) atoms. The van der Waals surface area contributed by atoms with Gasteiger partial charge in [-0.3, -0.25) is 4.79 Å². The maximum atomic E-state index is 12.9. The van der Waals surface area contributed by atoms with Gasteiger partial charge in [-0.15, -0.1) is 0 Å². The summed E-state index contributed by atoms with van der Waals surface area (Å²) in [7, 11) is 0. The highest BCUT2D eigenvalue weighted by atomic mass is 35.5. The average Bonchev–Trinajstić information content (AvgIpc) is 2.69. The quantitative estimate of drug-likeness (QED) is 0.492. The van der Waals surface area contributed by atoms with Crippen LogP contribution in [0, 0.1) is 6.92 Å². The van der Waals surface area contributed by atoms with Crippen molar-refractivity contribution in [2.75, 3.05) is 0 Å². The molecule has 0 saturated heterocycles. The summed E-state index contributed by atoms with van der Waals surface area (Å²) < 4.78 is 5.61. The number of aryl methyl sites for hydroxylation is 1. The minimum Gasteiger partial charge on any atom is -0.485 e. The monoisotopic (exact) mass is 406 g/mol. The largest absolute Gasteiger partial charge is 0.485 e. The highest BCUT2D eigenvalue weighted by Crippen LogP contribution is 2.31. The van der Waals surface area contributed by atoms with E-state index in [4.69, 9.17) is 26.3 Å². The van der Waals surface area contributed by atoms with Gasteiger partial charge in [-0.2, -0.15) is 0 Å². The van der Waals surface area contributed by atoms with Gasteiger partial charge in [-0.1, -0.05) is 41.9 Å². The van der Waals surface area contributed by atoms with Crippen molar-refractivity contribution in [3.05, 3.63) is 69.7 Å². The van der Waals surface area contributed by atoms with Crippen LogP contribution in [0.4, 0.5) is 0 Å². The molecule has 0 atom stereocenters. The molecule has 3 heterocycles. The van der Waals surface area contributed by atoms with E-state index in [0.29, 0.717) is 22.2 Å². The number of rotatable bonds is 4. The standard InChI is InChI=1S/C22H19ClN4O2/c1-12(2)29-16-11-24-22-20(21(16)28)26-19(15-9-13(3)25-17(23)10-15)18(27-22)14-7-5-4-6-8-14/h4-12H,1-3H3,(H,24,27,28). The SMILES string of the molecule is Cc1cc(-c2nc3c(=O)c(OC(C)C)c[nH]c3nc2-c2ccccc2)cc(Cl)n1. The third-order valence-electron chi connectivity index (χ3n) is 4.28. The Bertz CT molecular complexity index is 1230. The third kappa shape index (κ3) is 3.84. The van der Waals surface area contributed by atoms with Crippen LogP contribution in [-0.2, 0) is 0 Å². The number of fused-ring (bicyclic) bond motifs is 1. The van der Waals surface area contributed by atoms with Gasteiger partial charge in [0.15, 0.2) is 16.9 Å². The van der Waals surface area contributed by atoms with Crippen molar-refractivity contribution in [1.82, 2.24) is 19.9 Å². The van der Waals surface area contributed by atoms with Crippen LogP contribution in [0.2, 0.25) is 5.15 Å². The van der Waals surface area contributed by atoms with Crippen molar-refractivity contribution in [2.24, 2.45) is 0 Å². The van der Waals surface area contributed by atoms with Crippen LogP contribution in [-0.4, -0.2) is 26.0 Å². The fraction of sp³-hybridized carbons (Fsp3) is 0.182. The zero-order valence-electron chi connectivity index (χ0n) is 16.2. The van der Waals surface area contributed by atoms with E-state index in [-0.39, 0.29) is 22.8 Å². The Hall–Kier alpha value is -3.25. The number of nitrogens with zero attached hydrogens (tertiary/aromatic N) is 3. The number of hydrogen-bond donors (Lipinski definition) is 1. The van der Waals surface area contributed by atoms with E-state index in [1.165, 1.54) is 6.20 Å². The van der Waals surface area contributed by atoms with Crippen LogP contribution in [0.3, 0.4) is 0 Å². The third-order valence-corrected chi connectivity index (χ3v) is 4.47. The Morgan fingerprint density at radius 2 is 1.72 bits per heavy atom. The number of halogens is 1. The molecule has 0 aliphatic heterocycles. The Morgan fingerprint density at radius 3 is 2.41 bits per heavy atom. The minimum absolute atomic E-state index is 0.133. The molecule has 0 amide bonds. The normalized spacial score (nSPS) is 11.2. The topological polar surface area (TPSA) is 80.8 Å². The molecular formula is C22H19ClN4O2. The number of benzene rings is 1. The second-order valence-corrected chi connectivity index (χ2v) is 7.34. The lowest BCUT2D eigenvalue weighted by molar-refractivity contribution is 0.239. The number of ether oxygens (including phenoxy) is 1. The van der Waals surface area contributed by atoms with Crippen LogP contribution in [0.15, 0.2) is 53.5 Å². The minimum atomic E-state index is -0.308. The summed E-state index contributed by atoms with van der Waals surface area (Å²) in [6, 6.07) is 13.3. The van der Waals surface area contributed by atoms with Crippen molar-refractivity contribution >= 4 is 22.8 Å². The zero-order valence-corrected chi connectivity index (χ0v) is 17.0. The van der Waals surface area contributed by atoms with Gasteiger partial charge in [0.25, 0.3) is 5.43 Å². The summed E-state index contributed by atoms with van der Waals surface area (Å²) in [5.41, 5.74) is 3.87. The molecule has 0 fully saturated rings. The Labute approximate surface area is 172 Å². The lowest BCUT2D eigenvalue weighted by Crippen LogP contribution is -2.16. The molecule has 0 aliphatic rings. The molecule has 6 nitrogen and oxygen atoms in total. The highest BCUT2D eigenvalue weighted by molar-refractivity contribution is 6.29. The van der Waals surface area contributed by atoms with Gasteiger partial charge in [-0.05, 0) is 32.9 Å². The first-order valence-electron chi connectivity index (χ1n) is 9.22. The van der Waals surface area contributed by atoms with Crippen molar-refractivity contribution in [1.29, 1.82) is 0 Å². The van der Waals surface area contributed by atoms with E-state index >= 15 is 0 Å². The van der Waals surface area contributed by atoms with Crippen LogP contribution >= 0.6 is 11.6 Å². The predicted octanol–water partition coefficient (Wildman–Crippen LogP) is 4.80. The lowest BCUT2D eigenvalue weighted by atomic mass is 10.0. The van der Waals surface area contributed by atoms with Crippen molar-refractivity contribution in [3.63, 3.8) is 0 Å². The molecule has 0 spiro atoms. The summed E-state index contributed by atoms with van der Waals surface area (Å²) in [6.45, 7) is 5.58. The summed E-state index contributed by atoms with van der Waals surface area (Å²) in [5, 5.41) is 0.353. The molecule has 0 bridgehead atoms. The van der Waals surface area contributed by atoms with E-state index < -0.39 is 0 Å². The number of pyridine rings is 2. The summed E-state index contributed by atoms with van der Waals surface area (Å²) in [4.78, 5) is 29.6. The predicted molar refractivity (Wildman–Crippen MR) is 114 cm³/mol. The van der Waals surface area contributed by atoms with Gasteiger partial charge in [0.1, 0.15) is 5.15 Å². The smallest absolute Gasteiger partial charge is 0.251 e. The molecule has 3 aromatic heterocycles. The fourth-order valence-electron chi connectivity index (χ4n) is 3.12. The molecule has 4 rings (SSSR count). The number of hydrogen-bond acceptors (Lipinski definition) is 5. The van der Waals surface area contributed by atoms with Crippen molar-refractivity contribution in [2.45, 2.75) is 26.9 Å². The maximum absolute atomic E-state index is 12.9. The van der Waals surface area contributed by atoms with E-state index in [1.54, 1.807) is 6.07 Å². The summed E-state index contributed by atoms with van der Waals surface area (Å²) in [6.07, 6.45) is 1.40. The molecule has 4 aromatic rings. The first-order chi connectivity index (χ1) is 13.9. The van der Waals surface area contributed by atoms with Crippen molar-refractivity contribution < 1.29 is 4.74 Å². The number of aromatic nitrogens is 4. The highest BCUT2D eigenvalue weighted by Gasteiger charge is 2.18. The van der Waals surface area contributed by atoms with Gasteiger partial charge in [-0.25, -0.2) is 15.0 Å². The molecule has 0 saturated carbocycles. The van der Waals surface area contributed by atoms with E-state index in [9.17, 15) is 4.79 Å². The molecule has 0 radical (unpaired) electrons. The van der Waals surface area contributed by atoms with Gasteiger partial charge >= 0.3 is 0 Å². The second-order valence-electron chi connectivity index (χ2n) is 6.95. The molecule has 0 aliphatic carbocycles. The van der Waals surface area contributed by atoms with Gasteiger partial charge in [0.05, 0.1) is 17.5 Å². The Morgan fingerprint density at radius 1 is 1.00 bits per heavy atom. The fourth-order valence-corrected chi connectivity index (χ4v) is 3.37. The Balaban J connectivity index is 2.04. The van der Waals surface area contributed by atoms with Crippen LogP contribution in [0.5, 0.6) is 5.75 Å². The molecule has 1 aromatic carbocycles. The second kappa shape index (κ2) is 7.64. The first kappa shape index (κ1) is 19.1. The first-order valence-corrected chi connectivity index (χ1v) is 9.60. The van der Waals surface area contributed by atoms with E-state index in [1.807, 2.05) is 57.2 Å². The lowest BCUT2D eigenvalue weighted by Gasteiger charge is -2.13. The van der Waals surface area contributed by atoms with E-state index in [0.717, 1.165) is 16.8 Å². The van der Waals surface area contributed by atoms with Gasteiger partial charge < -0.3 is 9.72 Å². The number of nitrogens with one attached hydrogen (secondary N) is 1. The maximum Gasteiger partial charge on any atom is 0.251 e. The summed E-state index contributed by atoms with van der Waals surface area (Å²) >= 11 is 6.18. The molecule has 146 valence electrons. The molecule has 1 N–H and O–H groups in total.